The van der Waals surface area contributed by atoms with Gasteiger partial charge in [-0.1, -0.05) is 23.7 Å². The van der Waals surface area contributed by atoms with Gasteiger partial charge in [-0.25, -0.2) is 0 Å². The fraction of sp³-hybridized carbons (Fsp3) is 0.263. The van der Waals surface area contributed by atoms with Crippen LogP contribution in [0, 0.1) is 0 Å². The van der Waals surface area contributed by atoms with Crippen molar-refractivity contribution < 1.29 is 9.59 Å². The zero-order valence-corrected chi connectivity index (χ0v) is 13.9. The molecule has 5 heteroatoms. The minimum absolute atomic E-state index is 0.0681. The smallest absolute Gasteiger partial charge is 0.231 e. The van der Waals surface area contributed by atoms with Gasteiger partial charge in [0.2, 0.25) is 11.8 Å². The summed E-state index contributed by atoms with van der Waals surface area (Å²) in [6.45, 7) is 0.807. The van der Waals surface area contributed by atoms with E-state index < -0.39 is 0 Å². The van der Waals surface area contributed by atoms with Crippen LogP contribution < -0.4 is 10.2 Å². The molecule has 0 fully saturated rings. The number of amides is 2. The number of carbonyl (C=O) groups excluding carboxylic acids is 2. The van der Waals surface area contributed by atoms with E-state index >= 15 is 0 Å². The van der Waals surface area contributed by atoms with Crippen molar-refractivity contribution in [3.8, 4) is 0 Å². The molecule has 2 aromatic rings. The number of aryl methyl sites for hydroxylation is 1. The first-order valence-corrected chi connectivity index (χ1v) is 8.48. The Morgan fingerprint density at radius 3 is 2.71 bits per heavy atom. The molecule has 24 heavy (non-hydrogen) atoms. The van der Waals surface area contributed by atoms with Crippen LogP contribution in [0.4, 0.5) is 11.4 Å². The van der Waals surface area contributed by atoms with E-state index in [9.17, 15) is 9.59 Å². The van der Waals surface area contributed by atoms with Crippen molar-refractivity contribution in [1.29, 1.82) is 0 Å². The Kier molecular flexibility index (Phi) is 3.77. The van der Waals surface area contributed by atoms with Crippen molar-refractivity contribution in [2.24, 2.45) is 0 Å². The van der Waals surface area contributed by atoms with E-state index in [2.05, 4.69) is 5.32 Å². The number of benzene rings is 2. The van der Waals surface area contributed by atoms with Crippen LogP contribution in [0.1, 0.15) is 23.1 Å². The van der Waals surface area contributed by atoms with Crippen molar-refractivity contribution in [2.75, 3.05) is 16.8 Å². The molecule has 0 radical (unpaired) electrons. The fourth-order valence-electron chi connectivity index (χ4n) is 3.54. The van der Waals surface area contributed by atoms with E-state index in [1.165, 1.54) is 0 Å². The Morgan fingerprint density at radius 1 is 1.17 bits per heavy atom. The SMILES string of the molecule is O=C(Cc1ccc(Cl)cc1)Nc1cc2c3c(c1)CC(=O)N3CCC2. The van der Waals surface area contributed by atoms with E-state index in [-0.39, 0.29) is 11.8 Å². The Balaban J connectivity index is 1.53. The Bertz CT molecular complexity index is 830. The zero-order chi connectivity index (χ0) is 16.7. The van der Waals surface area contributed by atoms with Gasteiger partial charge < -0.3 is 10.2 Å². The predicted molar refractivity (Wildman–Crippen MR) is 94.6 cm³/mol. The highest BCUT2D eigenvalue weighted by Gasteiger charge is 2.32. The quantitative estimate of drug-likeness (QED) is 0.931. The highest BCUT2D eigenvalue weighted by molar-refractivity contribution is 6.30. The van der Waals surface area contributed by atoms with Crippen molar-refractivity contribution in [3.63, 3.8) is 0 Å². The molecule has 0 bridgehead atoms. The van der Waals surface area contributed by atoms with E-state index in [0.717, 1.165) is 47.5 Å². The maximum Gasteiger partial charge on any atom is 0.231 e. The first-order valence-electron chi connectivity index (χ1n) is 8.10. The molecule has 0 aromatic heterocycles. The average molecular weight is 341 g/mol. The lowest BCUT2D eigenvalue weighted by Gasteiger charge is -2.26. The maximum absolute atomic E-state index is 12.3. The van der Waals surface area contributed by atoms with Gasteiger partial charge in [0.05, 0.1) is 18.5 Å². The third-order valence-electron chi connectivity index (χ3n) is 4.57. The van der Waals surface area contributed by atoms with Crippen LogP contribution in [0.5, 0.6) is 0 Å². The number of carbonyl (C=O) groups is 2. The molecule has 4 rings (SSSR count). The van der Waals surface area contributed by atoms with Crippen LogP contribution in [0.15, 0.2) is 36.4 Å². The summed E-state index contributed by atoms with van der Waals surface area (Å²) in [5.74, 6) is 0.0945. The van der Waals surface area contributed by atoms with Crippen LogP contribution >= 0.6 is 11.6 Å². The topological polar surface area (TPSA) is 49.4 Å². The summed E-state index contributed by atoms with van der Waals surface area (Å²) in [5, 5.41) is 3.62. The molecule has 4 nitrogen and oxygen atoms in total. The average Bonchev–Trinajstić information content (AvgIpc) is 2.87. The minimum atomic E-state index is -0.0681. The van der Waals surface area contributed by atoms with Gasteiger partial charge in [0.1, 0.15) is 0 Å². The predicted octanol–water partition coefficient (Wildman–Crippen LogP) is 3.36. The molecule has 2 amide bonds. The normalized spacial score (nSPS) is 15.4. The van der Waals surface area contributed by atoms with Crippen LogP contribution in [0.25, 0.3) is 0 Å². The molecule has 0 atom stereocenters. The minimum Gasteiger partial charge on any atom is -0.326 e. The van der Waals surface area contributed by atoms with E-state index in [4.69, 9.17) is 11.6 Å². The van der Waals surface area contributed by atoms with Crippen molar-refractivity contribution in [3.05, 3.63) is 58.1 Å². The van der Waals surface area contributed by atoms with Gasteiger partial charge in [-0.2, -0.15) is 0 Å². The summed E-state index contributed by atoms with van der Waals surface area (Å²) in [5.41, 5.74) is 4.95. The number of hydrogen-bond acceptors (Lipinski definition) is 2. The van der Waals surface area contributed by atoms with Crippen molar-refractivity contribution in [1.82, 2.24) is 0 Å². The molecular weight excluding hydrogens is 324 g/mol. The van der Waals surface area contributed by atoms with Gasteiger partial charge >= 0.3 is 0 Å². The Labute approximate surface area is 145 Å². The number of rotatable bonds is 3. The molecule has 2 heterocycles. The number of anilines is 2. The number of nitrogens with zero attached hydrogens (tertiary/aromatic N) is 1. The summed E-state index contributed by atoms with van der Waals surface area (Å²) in [6.07, 6.45) is 2.66. The number of hydrogen-bond donors (Lipinski definition) is 1. The second-order valence-corrected chi connectivity index (χ2v) is 6.76. The lowest BCUT2D eigenvalue weighted by Crippen LogP contribution is -2.31. The summed E-state index contributed by atoms with van der Waals surface area (Å²) >= 11 is 5.86. The highest BCUT2D eigenvalue weighted by atomic mass is 35.5. The molecular formula is C19H17ClN2O2. The van der Waals surface area contributed by atoms with Crippen molar-refractivity contribution in [2.45, 2.75) is 25.7 Å². The molecule has 0 unspecified atom stereocenters. The lowest BCUT2D eigenvalue weighted by molar-refractivity contribution is -0.117. The highest BCUT2D eigenvalue weighted by Crippen LogP contribution is 2.38. The fourth-order valence-corrected chi connectivity index (χ4v) is 3.67. The van der Waals surface area contributed by atoms with E-state index in [1.807, 2.05) is 29.2 Å². The summed E-state index contributed by atoms with van der Waals surface area (Å²) in [7, 11) is 0. The maximum atomic E-state index is 12.3. The largest absolute Gasteiger partial charge is 0.326 e. The number of nitrogens with one attached hydrogen (secondary N) is 1. The van der Waals surface area contributed by atoms with Crippen LogP contribution in [0.2, 0.25) is 5.02 Å². The second kappa shape index (κ2) is 5.95. The summed E-state index contributed by atoms with van der Waals surface area (Å²) in [4.78, 5) is 26.2. The number of halogens is 1. The van der Waals surface area contributed by atoms with Gasteiger partial charge in [0, 0.05) is 17.3 Å². The molecule has 1 N–H and O–H groups in total. The standard InChI is InChI=1S/C19H17ClN2O2/c20-15-5-3-12(4-6-15)8-17(23)21-16-9-13-2-1-7-22-18(24)11-14(10-16)19(13)22/h3-6,9-10H,1-2,7-8,11H2,(H,21,23). The van der Waals surface area contributed by atoms with Crippen molar-refractivity contribution >= 4 is 34.8 Å². The first kappa shape index (κ1) is 15.2. The van der Waals surface area contributed by atoms with Crippen LogP contribution in [-0.2, 0) is 28.9 Å². The molecule has 0 spiro atoms. The van der Waals surface area contributed by atoms with E-state index in [0.29, 0.717) is 17.9 Å². The van der Waals surface area contributed by atoms with Gasteiger partial charge in [0.15, 0.2) is 0 Å². The van der Waals surface area contributed by atoms with Gasteiger partial charge in [0.25, 0.3) is 0 Å². The summed E-state index contributed by atoms with van der Waals surface area (Å²) < 4.78 is 0. The second-order valence-electron chi connectivity index (χ2n) is 6.32. The van der Waals surface area contributed by atoms with E-state index in [1.54, 1.807) is 12.1 Å². The molecule has 2 aliphatic heterocycles. The molecule has 0 aliphatic carbocycles. The molecule has 122 valence electrons. The zero-order valence-electron chi connectivity index (χ0n) is 13.1. The van der Waals surface area contributed by atoms with Gasteiger partial charge in [-0.05, 0) is 53.8 Å². The molecule has 2 aliphatic rings. The Morgan fingerprint density at radius 2 is 1.92 bits per heavy atom. The van der Waals surface area contributed by atoms with Gasteiger partial charge in [-0.15, -0.1) is 0 Å². The lowest BCUT2D eigenvalue weighted by atomic mass is 9.99. The molecule has 2 aromatic carbocycles. The third kappa shape index (κ3) is 2.78. The first-order chi connectivity index (χ1) is 11.6. The monoisotopic (exact) mass is 340 g/mol. The Hall–Kier alpha value is -2.33. The molecule has 0 saturated carbocycles. The summed E-state index contributed by atoms with van der Waals surface area (Å²) in [6, 6.07) is 11.2. The third-order valence-corrected chi connectivity index (χ3v) is 4.82. The van der Waals surface area contributed by atoms with Crippen LogP contribution in [-0.4, -0.2) is 18.4 Å². The molecule has 0 saturated heterocycles. The van der Waals surface area contributed by atoms with Crippen LogP contribution in [0.3, 0.4) is 0 Å². The van der Waals surface area contributed by atoms with Gasteiger partial charge in [-0.3, -0.25) is 9.59 Å².